The molecule has 2 amide bonds. The van der Waals surface area contributed by atoms with Crippen LogP contribution in [-0.4, -0.2) is 23.7 Å². The van der Waals surface area contributed by atoms with E-state index in [-0.39, 0.29) is 0 Å². The molecule has 2 N–H and O–H groups in total. The van der Waals surface area contributed by atoms with Gasteiger partial charge in [0, 0.05) is 6.20 Å². The number of aryl methyl sites for hydroxylation is 1. The van der Waals surface area contributed by atoms with Crippen molar-refractivity contribution in [2.24, 2.45) is 0 Å². The Morgan fingerprint density at radius 1 is 1.17 bits per heavy atom. The molecule has 0 spiro atoms. The lowest BCUT2D eigenvalue weighted by Crippen LogP contribution is -2.43. The summed E-state index contributed by atoms with van der Waals surface area (Å²) in [5.74, 6) is 0. The van der Waals surface area contributed by atoms with Crippen LogP contribution in [0.2, 0.25) is 0 Å². The third-order valence-electron chi connectivity index (χ3n) is 3.36. The van der Waals surface area contributed by atoms with Crippen LogP contribution in [0, 0.1) is 6.92 Å². The maximum Gasteiger partial charge on any atom is 0.405 e. The normalized spacial score (nSPS) is 12.5. The predicted octanol–water partition coefficient (Wildman–Crippen LogP) is 3.54. The number of rotatable bonds is 5. The molecule has 0 aliphatic carbocycles. The molecule has 1 atom stereocenters. The molecule has 1 heterocycles. The predicted molar refractivity (Wildman–Crippen MR) is 84.5 cm³/mol. The molecule has 0 aliphatic heterocycles. The van der Waals surface area contributed by atoms with Gasteiger partial charge in [-0.1, -0.05) is 35.9 Å². The van der Waals surface area contributed by atoms with Crippen LogP contribution < -0.4 is 10.6 Å². The van der Waals surface area contributed by atoms with Crippen molar-refractivity contribution in [2.75, 3.05) is 6.54 Å². The summed E-state index contributed by atoms with van der Waals surface area (Å²) in [7, 11) is 0. The summed E-state index contributed by atoms with van der Waals surface area (Å²) in [4.78, 5) is 16.0. The number of nitrogens with one attached hydrogen (secondary N) is 2. The summed E-state index contributed by atoms with van der Waals surface area (Å²) in [6.07, 6.45) is -2.45. The van der Waals surface area contributed by atoms with Crippen molar-refractivity contribution in [1.82, 2.24) is 15.6 Å². The standard InChI is InChI=1S/C17H18F3N3O/c1-12-5-7-13(8-6-12)10-15(14-4-2-3-9-21-14)23-16(24)22-11-17(18,19)20/h2-9,15H,10-11H2,1H3,(H2,22,23,24)/t15-/m0/s1. The number of nitrogens with zero attached hydrogens (tertiary/aromatic N) is 1. The molecule has 0 unspecified atom stereocenters. The van der Waals surface area contributed by atoms with Gasteiger partial charge in [-0.2, -0.15) is 13.2 Å². The van der Waals surface area contributed by atoms with Crippen molar-refractivity contribution in [3.63, 3.8) is 0 Å². The third kappa shape index (κ3) is 5.91. The topological polar surface area (TPSA) is 54.0 Å². The Hall–Kier alpha value is -2.57. The minimum Gasteiger partial charge on any atom is -0.329 e. The molecule has 0 radical (unpaired) electrons. The molecular weight excluding hydrogens is 319 g/mol. The summed E-state index contributed by atoms with van der Waals surface area (Å²) in [5, 5.41) is 4.37. The zero-order valence-corrected chi connectivity index (χ0v) is 13.1. The lowest BCUT2D eigenvalue weighted by molar-refractivity contribution is -0.122. The summed E-state index contributed by atoms with van der Waals surface area (Å²) < 4.78 is 36.6. The quantitative estimate of drug-likeness (QED) is 0.877. The zero-order chi connectivity index (χ0) is 17.6. The number of halogens is 3. The number of hydrogen-bond acceptors (Lipinski definition) is 2. The zero-order valence-electron chi connectivity index (χ0n) is 13.1. The second kappa shape index (κ2) is 7.81. The second-order valence-electron chi connectivity index (χ2n) is 5.44. The largest absolute Gasteiger partial charge is 0.405 e. The molecule has 0 bridgehead atoms. The van der Waals surface area contributed by atoms with Gasteiger partial charge in [-0.05, 0) is 31.0 Å². The molecule has 4 nitrogen and oxygen atoms in total. The van der Waals surface area contributed by atoms with Gasteiger partial charge in [0.15, 0.2) is 0 Å². The van der Waals surface area contributed by atoms with E-state index in [1.54, 1.807) is 24.4 Å². The number of urea groups is 1. The van der Waals surface area contributed by atoms with Crippen molar-refractivity contribution < 1.29 is 18.0 Å². The lowest BCUT2D eigenvalue weighted by Gasteiger charge is -2.19. The molecule has 0 saturated heterocycles. The number of carbonyl (C=O) groups excluding carboxylic acids is 1. The van der Waals surface area contributed by atoms with Crippen molar-refractivity contribution in [3.8, 4) is 0 Å². The summed E-state index contributed by atoms with van der Waals surface area (Å²) in [6, 6.07) is 11.5. The highest BCUT2D eigenvalue weighted by Crippen LogP contribution is 2.17. The molecular formula is C17H18F3N3O. The van der Waals surface area contributed by atoms with Crippen LogP contribution in [0.4, 0.5) is 18.0 Å². The van der Waals surface area contributed by atoms with Gasteiger partial charge in [-0.15, -0.1) is 0 Å². The molecule has 0 saturated carbocycles. The van der Waals surface area contributed by atoms with E-state index >= 15 is 0 Å². The highest BCUT2D eigenvalue weighted by Gasteiger charge is 2.28. The van der Waals surface area contributed by atoms with Crippen molar-refractivity contribution in [2.45, 2.75) is 25.6 Å². The first-order valence-corrected chi connectivity index (χ1v) is 7.41. The average molecular weight is 337 g/mol. The molecule has 7 heteroatoms. The molecule has 1 aromatic carbocycles. The maximum absolute atomic E-state index is 12.2. The Bertz CT molecular complexity index is 657. The van der Waals surface area contributed by atoms with E-state index in [1.807, 2.05) is 36.5 Å². The van der Waals surface area contributed by atoms with Crippen LogP contribution in [0.5, 0.6) is 0 Å². The van der Waals surface area contributed by atoms with Gasteiger partial charge in [-0.3, -0.25) is 4.98 Å². The van der Waals surface area contributed by atoms with Gasteiger partial charge < -0.3 is 10.6 Å². The van der Waals surface area contributed by atoms with E-state index in [4.69, 9.17) is 0 Å². The van der Waals surface area contributed by atoms with E-state index < -0.39 is 24.8 Å². The summed E-state index contributed by atoms with van der Waals surface area (Å²) in [5.41, 5.74) is 2.64. The Morgan fingerprint density at radius 3 is 2.46 bits per heavy atom. The number of aromatic nitrogens is 1. The molecule has 24 heavy (non-hydrogen) atoms. The van der Waals surface area contributed by atoms with Gasteiger partial charge in [0.05, 0.1) is 11.7 Å². The number of amides is 2. The van der Waals surface area contributed by atoms with Gasteiger partial charge in [0.1, 0.15) is 6.54 Å². The highest BCUT2D eigenvalue weighted by atomic mass is 19.4. The number of alkyl halides is 3. The Morgan fingerprint density at radius 2 is 1.88 bits per heavy atom. The Kier molecular flexibility index (Phi) is 5.78. The summed E-state index contributed by atoms with van der Waals surface area (Å²) >= 11 is 0. The molecule has 2 rings (SSSR count). The first kappa shape index (κ1) is 17.8. The fourth-order valence-electron chi connectivity index (χ4n) is 2.16. The van der Waals surface area contributed by atoms with Crippen LogP contribution in [0.25, 0.3) is 0 Å². The van der Waals surface area contributed by atoms with Gasteiger partial charge >= 0.3 is 12.2 Å². The second-order valence-corrected chi connectivity index (χ2v) is 5.44. The first-order valence-electron chi connectivity index (χ1n) is 7.41. The van der Waals surface area contributed by atoms with Crippen molar-refractivity contribution >= 4 is 6.03 Å². The van der Waals surface area contributed by atoms with Gasteiger partial charge in [-0.25, -0.2) is 4.79 Å². The van der Waals surface area contributed by atoms with Crippen LogP contribution in [-0.2, 0) is 6.42 Å². The monoisotopic (exact) mass is 337 g/mol. The van der Waals surface area contributed by atoms with Crippen molar-refractivity contribution in [3.05, 3.63) is 65.5 Å². The van der Waals surface area contributed by atoms with Gasteiger partial charge in [0.25, 0.3) is 0 Å². The fraction of sp³-hybridized carbons (Fsp3) is 0.294. The smallest absolute Gasteiger partial charge is 0.329 e. The molecule has 0 aliphatic rings. The minimum absolute atomic E-state index is 0.427. The van der Waals surface area contributed by atoms with E-state index in [9.17, 15) is 18.0 Å². The van der Waals surface area contributed by atoms with Crippen LogP contribution in [0.15, 0.2) is 48.7 Å². The maximum atomic E-state index is 12.2. The first-order chi connectivity index (χ1) is 11.3. The van der Waals surface area contributed by atoms with E-state index in [0.29, 0.717) is 12.1 Å². The lowest BCUT2D eigenvalue weighted by atomic mass is 10.0. The van der Waals surface area contributed by atoms with E-state index in [1.165, 1.54) is 0 Å². The van der Waals surface area contributed by atoms with Gasteiger partial charge in [0.2, 0.25) is 0 Å². The van der Waals surface area contributed by atoms with Crippen LogP contribution in [0.3, 0.4) is 0 Å². The van der Waals surface area contributed by atoms with Crippen molar-refractivity contribution in [1.29, 1.82) is 0 Å². The number of carbonyl (C=O) groups is 1. The Labute approximate surface area is 138 Å². The number of pyridine rings is 1. The average Bonchev–Trinajstić information content (AvgIpc) is 2.54. The van der Waals surface area contributed by atoms with E-state index in [0.717, 1.165) is 11.1 Å². The van der Waals surface area contributed by atoms with Crippen LogP contribution in [0.1, 0.15) is 22.9 Å². The SMILES string of the molecule is Cc1ccc(C[C@H](NC(=O)NCC(F)(F)F)c2ccccn2)cc1. The molecule has 0 fully saturated rings. The Balaban J connectivity index is 2.08. The number of benzene rings is 1. The highest BCUT2D eigenvalue weighted by molar-refractivity contribution is 5.74. The van der Waals surface area contributed by atoms with E-state index in [2.05, 4.69) is 10.3 Å². The molecule has 2 aromatic rings. The molecule has 1 aromatic heterocycles. The third-order valence-corrected chi connectivity index (χ3v) is 3.36. The molecule has 128 valence electrons. The number of hydrogen-bond donors (Lipinski definition) is 2. The fourth-order valence-corrected chi connectivity index (χ4v) is 2.16. The minimum atomic E-state index is -4.45. The summed E-state index contributed by atoms with van der Waals surface area (Å²) in [6.45, 7) is 0.584. The van der Waals surface area contributed by atoms with Crippen LogP contribution >= 0.6 is 0 Å².